The molecule has 0 saturated carbocycles. The second-order valence-corrected chi connectivity index (χ2v) is 5.35. The zero-order valence-corrected chi connectivity index (χ0v) is 10.9. The van der Waals surface area contributed by atoms with E-state index in [1.807, 2.05) is 0 Å². The molecule has 0 aliphatic heterocycles. The predicted molar refractivity (Wildman–Crippen MR) is 68.2 cm³/mol. The molecule has 0 radical (unpaired) electrons. The summed E-state index contributed by atoms with van der Waals surface area (Å²) in [6.45, 7) is 10.2. The number of hydrogen-bond acceptors (Lipinski definition) is 4. The number of nitrogens with zero attached hydrogens (tertiary/aromatic N) is 2. The van der Waals surface area contributed by atoms with E-state index in [9.17, 15) is 10.1 Å². The van der Waals surface area contributed by atoms with Crippen LogP contribution in [0, 0.1) is 22.5 Å². The molecule has 0 spiro atoms. The van der Waals surface area contributed by atoms with Crippen LogP contribution >= 0.6 is 0 Å². The lowest BCUT2D eigenvalue weighted by atomic mass is 9.88. The first-order chi connectivity index (χ1) is 7.71. The molecule has 0 saturated heterocycles. The van der Waals surface area contributed by atoms with Crippen molar-refractivity contribution in [1.82, 2.24) is 4.98 Å². The highest BCUT2D eigenvalue weighted by Crippen LogP contribution is 2.24. The van der Waals surface area contributed by atoms with E-state index in [1.165, 1.54) is 6.20 Å². The van der Waals surface area contributed by atoms with Crippen LogP contribution in [0.3, 0.4) is 0 Å². The Hall–Kier alpha value is -1.65. The second-order valence-electron chi connectivity index (χ2n) is 5.35. The second kappa shape index (κ2) is 4.69. The van der Waals surface area contributed by atoms with Crippen LogP contribution in [0.4, 0.5) is 11.5 Å². The minimum Gasteiger partial charge on any atom is -0.367 e. The fraction of sp³-hybridized carbons (Fsp3) is 0.583. The van der Waals surface area contributed by atoms with Crippen LogP contribution in [0.5, 0.6) is 0 Å². The first-order valence-electron chi connectivity index (χ1n) is 5.59. The molecule has 5 heteroatoms. The van der Waals surface area contributed by atoms with Crippen molar-refractivity contribution in [2.24, 2.45) is 5.41 Å². The van der Waals surface area contributed by atoms with Crippen molar-refractivity contribution in [3.05, 3.63) is 27.9 Å². The summed E-state index contributed by atoms with van der Waals surface area (Å²) in [6, 6.07) is 1.94. The summed E-state index contributed by atoms with van der Waals surface area (Å²) < 4.78 is 0. The molecule has 1 aromatic heterocycles. The zero-order valence-electron chi connectivity index (χ0n) is 10.9. The molecule has 0 fully saturated rings. The SMILES string of the molecule is Cc1cc(NC(C)C(C)(C)C)ncc1[N+](=O)[O-]. The van der Waals surface area contributed by atoms with Crippen molar-refractivity contribution in [3.8, 4) is 0 Å². The van der Waals surface area contributed by atoms with Crippen LogP contribution in [0.15, 0.2) is 12.3 Å². The molecule has 5 nitrogen and oxygen atoms in total. The third-order valence-corrected chi connectivity index (χ3v) is 2.94. The van der Waals surface area contributed by atoms with Gasteiger partial charge < -0.3 is 5.32 Å². The molecule has 1 atom stereocenters. The monoisotopic (exact) mass is 237 g/mol. The van der Waals surface area contributed by atoms with Gasteiger partial charge in [0.25, 0.3) is 5.69 Å². The van der Waals surface area contributed by atoms with E-state index in [4.69, 9.17) is 0 Å². The molecule has 1 N–H and O–H groups in total. The van der Waals surface area contributed by atoms with E-state index in [-0.39, 0.29) is 17.1 Å². The van der Waals surface area contributed by atoms with Crippen molar-refractivity contribution < 1.29 is 4.92 Å². The molecule has 0 bridgehead atoms. The number of pyridine rings is 1. The van der Waals surface area contributed by atoms with Gasteiger partial charge in [0, 0.05) is 11.6 Å². The van der Waals surface area contributed by atoms with Crippen LogP contribution in [0.1, 0.15) is 33.3 Å². The highest BCUT2D eigenvalue weighted by Gasteiger charge is 2.20. The van der Waals surface area contributed by atoms with Crippen LogP contribution < -0.4 is 5.32 Å². The molecular weight excluding hydrogens is 218 g/mol. The van der Waals surface area contributed by atoms with Crippen molar-refractivity contribution in [2.45, 2.75) is 40.7 Å². The molecule has 17 heavy (non-hydrogen) atoms. The Morgan fingerprint density at radius 1 is 1.47 bits per heavy atom. The maximum absolute atomic E-state index is 10.7. The zero-order chi connectivity index (χ0) is 13.2. The van der Waals surface area contributed by atoms with Gasteiger partial charge in [-0.15, -0.1) is 0 Å². The third kappa shape index (κ3) is 3.41. The van der Waals surface area contributed by atoms with Gasteiger partial charge in [-0.05, 0) is 25.3 Å². The van der Waals surface area contributed by atoms with E-state index < -0.39 is 4.92 Å². The quantitative estimate of drug-likeness (QED) is 0.647. The summed E-state index contributed by atoms with van der Waals surface area (Å²) >= 11 is 0. The number of rotatable bonds is 3. The van der Waals surface area contributed by atoms with Crippen LogP contribution in [-0.2, 0) is 0 Å². The van der Waals surface area contributed by atoms with Crippen LogP contribution in [0.2, 0.25) is 0 Å². The molecule has 0 aromatic carbocycles. The van der Waals surface area contributed by atoms with E-state index in [2.05, 4.69) is 38.0 Å². The Labute approximate surface area is 101 Å². The summed E-state index contributed by atoms with van der Waals surface area (Å²) in [4.78, 5) is 14.3. The Kier molecular flexibility index (Phi) is 3.70. The molecule has 0 aliphatic rings. The highest BCUT2D eigenvalue weighted by atomic mass is 16.6. The summed E-state index contributed by atoms with van der Waals surface area (Å²) in [5.41, 5.74) is 0.782. The number of aryl methyl sites for hydroxylation is 1. The van der Waals surface area contributed by atoms with Crippen molar-refractivity contribution in [2.75, 3.05) is 5.32 Å². The molecule has 94 valence electrons. The number of aromatic nitrogens is 1. The lowest BCUT2D eigenvalue weighted by Gasteiger charge is -2.28. The van der Waals surface area contributed by atoms with Gasteiger partial charge in [0.2, 0.25) is 0 Å². The lowest BCUT2D eigenvalue weighted by molar-refractivity contribution is -0.385. The number of nitro groups is 1. The summed E-state index contributed by atoms with van der Waals surface area (Å²) in [5.74, 6) is 0.676. The highest BCUT2D eigenvalue weighted by molar-refractivity contribution is 5.47. The maximum Gasteiger partial charge on any atom is 0.290 e. The molecule has 0 amide bonds. The average Bonchev–Trinajstić information content (AvgIpc) is 2.15. The fourth-order valence-electron chi connectivity index (χ4n) is 1.26. The van der Waals surface area contributed by atoms with E-state index in [0.717, 1.165) is 0 Å². The van der Waals surface area contributed by atoms with Gasteiger partial charge in [-0.3, -0.25) is 10.1 Å². The van der Waals surface area contributed by atoms with Crippen molar-refractivity contribution >= 4 is 11.5 Å². The fourth-order valence-corrected chi connectivity index (χ4v) is 1.26. The molecule has 0 aliphatic carbocycles. The van der Waals surface area contributed by atoms with Crippen molar-refractivity contribution in [3.63, 3.8) is 0 Å². The summed E-state index contributed by atoms with van der Waals surface area (Å²) in [5, 5.41) is 13.9. The Bertz CT molecular complexity index is 424. The average molecular weight is 237 g/mol. The molecule has 1 rings (SSSR count). The Balaban J connectivity index is 2.88. The minimum absolute atomic E-state index is 0.0546. The van der Waals surface area contributed by atoms with Gasteiger partial charge >= 0.3 is 0 Å². The van der Waals surface area contributed by atoms with Gasteiger partial charge in [0.15, 0.2) is 0 Å². The van der Waals surface area contributed by atoms with Gasteiger partial charge in [0.05, 0.1) is 4.92 Å². The maximum atomic E-state index is 10.7. The van der Waals surface area contributed by atoms with Crippen molar-refractivity contribution in [1.29, 1.82) is 0 Å². The van der Waals surface area contributed by atoms with E-state index >= 15 is 0 Å². The van der Waals surface area contributed by atoms with Gasteiger partial charge in [-0.2, -0.15) is 0 Å². The van der Waals surface area contributed by atoms with Gasteiger partial charge in [-0.25, -0.2) is 4.98 Å². The molecule has 1 heterocycles. The van der Waals surface area contributed by atoms with Crippen LogP contribution in [-0.4, -0.2) is 15.9 Å². The van der Waals surface area contributed by atoms with Gasteiger partial charge in [0.1, 0.15) is 12.0 Å². The Morgan fingerprint density at radius 2 is 2.06 bits per heavy atom. The van der Waals surface area contributed by atoms with Gasteiger partial charge in [-0.1, -0.05) is 20.8 Å². The number of hydrogen-bond donors (Lipinski definition) is 1. The Morgan fingerprint density at radius 3 is 2.47 bits per heavy atom. The normalized spacial score (nSPS) is 13.2. The third-order valence-electron chi connectivity index (χ3n) is 2.94. The number of nitrogens with one attached hydrogen (secondary N) is 1. The molecule has 1 aromatic rings. The minimum atomic E-state index is -0.417. The van der Waals surface area contributed by atoms with Crippen LogP contribution in [0.25, 0.3) is 0 Å². The largest absolute Gasteiger partial charge is 0.367 e. The smallest absolute Gasteiger partial charge is 0.290 e. The first kappa shape index (κ1) is 13.4. The standard InChI is InChI=1S/C12H19N3O2/c1-8-6-11(13-7-10(8)15(16)17)14-9(2)12(3,4)5/h6-7,9H,1-5H3,(H,13,14). The number of anilines is 1. The molecule has 1 unspecified atom stereocenters. The van der Waals surface area contributed by atoms with E-state index in [0.29, 0.717) is 11.4 Å². The molecular formula is C12H19N3O2. The predicted octanol–water partition coefficient (Wildman–Crippen LogP) is 3.14. The summed E-state index contributed by atoms with van der Waals surface area (Å²) in [7, 11) is 0. The summed E-state index contributed by atoms with van der Waals surface area (Å²) in [6.07, 6.45) is 1.30. The first-order valence-corrected chi connectivity index (χ1v) is 5.59. The van der Waals surface area contributed by atoms with E-state index in [1.54, 1.807) is 13.0 Å². The lowest BCUT2D eigenvalue weighted by Crippen LogP contribution is -2.31. The topological polar surface area (TPSA) is 68.1 Å².